The molecule has 1 N–H and O–H groups in total. The van der Waals surface area contributed by atoms with E-state index >= 15 is 0 Å². The van der Waals surface area contributed by atoms with E-state index in [9.17, 15) is 27.6 Å². The van der Waals surface area contributed by atoms with E-state index in [1.807, 2.05) is 0 Å². The fourth-order valence-electron chi connectivity index (χ4n) is 3.47. The summed E-state index contributed by atoms with van der Waals surface area (Å²) in [6.07, 6.45) is 5.03. The monoisotopic (exact) mass is 660 g/mol. The molecule has 2 aliphatic carbocycles. The van der Waals surface area contributed by atoms with Crippen molar-refractivity contribution in [2.45, 2.75) is 39.5 Å². The third-order valence-electron chi connectivity index (χ3n) is 6.40. The molecule has 2 aliphatic rings. The van der Waals surface area contributed by atoms with Crippen LogP contribution in [0.5, 0.6) is 11.5 Å². The van der Waals surface area contributed by atoms with Gasteiger partial charge in [0.15, 0.2) is 12.6 Å². The van der Waals surface area contributed by atoms with Gasteiger partial charge in [-0.2, -0.15) is 8.42 Å². The van der Waals surface area contributed by atoms with Crippen molar-refractivity contribution in [3.8, 4) is 11.5 Å². The van der Waals surface area contributed by atoms with Crippen LogP contribution >= 0.6 is 23.2 Å². The smallest absolute Gasteiger partial charge is 0.315 e. The van der Waals surface area contributed by atoms with Crippen LogP contribution in [0.3, 0.4) is 0 Å². The van der Waals surface area contributed by atoms with Crippen molar-refractivity contribution < 1.29 is 51.1 Å². The maximum atomic E-state index is 11.8. The second kappa shape index (κ2) is 16.0. The Morgan fingerprint density at radius 3 is 1.72 bits per heavy atom. The molecule has 0 aromatic heterocycles. The average Bonchev–Trinajstić information content (AvgIpc) is 3.88. The zero-order valence-electron chi connectivity index (χ0n) is 24.0. The molecule has 0 atom stereocenters. The topological polar surface area (TPSA) is 160 Å². The molecule has 0 unspecified atom stereocenters. The lowest BCUT2D eigenvalue weighted by Gasteiger charge is -2.15. The SMILES string of the molecule is CCOC(=O)C1(COS(C)(=O)=O)CC1.CCOC(=O)C1(COc2cc(Cl)ccc2C=O)CC1.O=Cc1ccc(Cl)cc1O. The van der Waals surface area contributed by atoms with Gasteiger partial charge in [0.1, 0.15) is 23.5 Å². The van der Waals surface area contributed by atoms with Crippen LogP contribution in [0, 0.1) is 10.8 Å². The maximum absolute atomic E-state index is 11.8. The van der Waals surface area contributed by atoms with E-state index in [4.69, 9.17) is 42.5 Å². The Hall–Kier alpha value is -3.19. The first-order chi connectivity index (χ1) is 20.2. The predicted octanol–water partition coefficient (Wildman–Crippen LogP) is 5.04. The van der Waals surface area contributed by atoms with E-state index in [1.165, 1.54) is 12.1 Å². The highest BCUT2D eigenvalue weighted by Crippen LogP contribution is 2.48. The van der Waals surface area contributed by atoms with Gasteiger partial charge in [0.05, 0.1) is 42.6 Å². The second-order valence-electron chi connectivity index (χ2n) is 9.88. The van der Waals surface area contributed by atoms with Gasteiger partial charge < -0.3 is 19.3 Å². The number of hydrogen-bond donors (Lipinski definition) is 1. The number of phenolic OH excluding ortho intramolecular Hbond substituents is 1. The number of hydrogen-bond acceptors (Lipinski definition) is 11. The first-order valence-corrected chi connectivity index (χ1v) is 15.8. The van der Waals surface area contributed by atoms with Gasteiger partial charge in [0.25, 0.3) is 10.1 Å². The number of benzene rings is 2. The van der Waals surface area contributed by atoms with E-state index in [0.29, 0.717) is 60.0 Å². The summed E-state index contributed by atoms with van der Waals surface area (Å²) < 4.78 is 41.5. The number of halogens is 2. The highest BCUT2D eigenvalue weighted by molar-refractivity contribution is 7.85. The van der Waals surface area contributed by atoms with Gasteiger partial charge in [-0.1, -0.05) is 23.2 Å². The lowest BCUT2D eigenvalue weighted by molar-refractivity contribution is -0.151. The van der Waals surface area contributed by atoms with Gasteiger partial charge in [-0.25, -0.2) is 0 Å². The minimum Gasteiger partial charge on any atom is -0.507 e. The molecule has 0 radical (unpaired) electrons. The van der Waals surface area contributed by atoms with Crippen molar-refractivity contribution >= 4 is 57.8 Å². The van der Waals surface area contributed by atoms with Gasteiger partial charge in [-0.3, -0.25) is 23.4 Å². The summed E-state index contributed by atoms with van der Waals surface area (Å²) in [7, 11) is -3.47. The van der Waals surface area contributed by atoms with Crippen LogP contribution in [0.15, 0.2) is 36.4 Å². The van der Waals surface area contributed by atoms with Crippen molar-refractivity contribution in [2.75, 3.05) is 32.7 Å². The highest BCUT2D eigenvalue weighted by Gasteiger charge is 2.53. The normalized spacial score (nSPS) is 15.3. The van der Waals surface area contributed by atoms with Crippen LogP contribution in [0.2, 0.25) is 10.0 Å². The molecule has 43 heavy (non-hydrogen) atoms. The average molecular weight is 662 g/mol. The molecule has 0 bridgehead atoms. The maximum Gasteiger partial charge on any atom is 0.315 e. The summed E-state index contributed by atoms with van der Waals surface area (Å²) in [6.45, 7) is 4.27. The fourth-order valence-corrected chi connectivity index (χ4v) is 4.24. The molecule has 11 nitrogen and oxygen atoms in total. The van der Waals surface area contributed by atoms with Gasteiger partial charge in [-0.05, 0) is 75.9 Å². The van der Waals surface area contributed by atoms with Crippen molar-refractivity contribution in [1.82, 2.24) is 0 Å². The lowest BCUT2D eigenvalue weighted by Crippen LogP contribution is -2.26. The molecule has 2 saturated carbocycles. The fraction of sp³-hybridized carbons (Fsp3) is 0.448. The first-order valence-electron chi connectivity index (χ1n) is 13.2. The van der Waals surface area contributed by atoms with E-state index in [1.54, 1.807) is 38.1 Å². The van der Waals surface area contributed by atoms with Crippen molar-refractivity contribution in [2.24, 2.45) is 10.8 Å². The van der Waals surface area contributed by atoms with E-state index in [-0.39, 0.29) is 36.5 Å². The standard InChI is InChI=1S/C14H15ClO4.C8H14O5S.C7H5ClO2/c1-2-18-13(17)14(5-6-14)9-19-12-7-11(15)4-3-10(12)8-16;1-3-12-7(9)8(4-5-8)6-13-14(2,10)11;8-6-2-1-5(4-9)7(10)3-6/h3-4,7-8H,2,5-6,9H2,1H3;3-6H2,1-2H3;1-4,10H. The minimum atomic E-state index is -3.47. The van der Waals surface area contributed by atoms with Crippen molar-refractivity contribution in [1.29, 1.82) is 0 Å². The number of phenols is 1. The third kappa shape index (κ3) is 11.4. The number of carbonyl (C=O) groups is 4. The molecule has 0 aliphatic heterocycles. The largest absolute Gasteiger partial charge is 0.507 e. The zero-order chi connectivity index (χ0) is 32.3. The molecule has 0 saturated heterocycles. The Bertz CT molecular complexity index is 1400. The van der Waals surface area contributed by atoms with Crippen LogP contribution in [0.25, 0.3) is 0 Å². The summed E-state index contributed by atoms with van der Waals surface area (Å²) in [5.41, 5.74) is -0.564. The van der Waals surface area contributed by atoms with Crippen LogP contribution < -0.4 is 4.74 Å². The molecule has 236 valence electrons. The van der Waals surface area contributed by atoms with Gasteiger partial charge >= 0.3 is 11.9 Å². The van der Waals surface area contributed by atoms with Crippen LogP contribution in [0.1, 0.15) is 60.2 Å². The molecule has 0 heterocycles. The number of rotatable bonds is 12. The summed E-state index contributed by atoms with van der Waals surface area (Å²) >= 11 is 11.4. The molecule has 4 rings (SSSR count). The summed E-state index contributed by atoms with van der Waals surface area (Å²) in [5.74, 6) is -0.270. The lowest BCUT2D eigenvalue weighted by atomic mass is 10.1. The Morgan fingerprint density at radius 2 is 1.30 bits per heavy atom. The van der Waals surface area contributed by atoms with Gasteiger partial charge in [-0.15, -0.1) is 0 Å². The molecule has 0 spiro atoms. The number of esters is 2. The summed E-state index contributed by atoms with van der Waals surface area (Å²) in [5, 5.41) is 9.88. The molecule has 2 aromatic carbocycles. The van der Waals surface area contributed by atoms with Crippen molar-refractivity contribution in [3.05, 3.63) is 57.6 Å². The predicted molar refractivity (Wildman–Crippen MR) is 158 cm³/mol. The summed E-state index contributed by atoms with van der Waals surface area (Å²) in [4.78, 5) is 44.2. The molecule has 14 heteroatoms. The summed E-state index contributed by atoms with van der Waals surface area (Å²) in [6, 6.07) is 9.12. The van der Waals surface area contributed by atoms with E-state index < -0.39 is 20.9 Å². The highest BCUT2D eigenvalue weighted by atomic mass is 35.5. The minimum absolute atomic E-state index is 0.0810. The quantitative estimate of drug-likeness (QED) is 0.185. The van der Waals surface area contributed by atoms with E-state index in [2.05, 4.69) is 4.18 Å². The zero-order valence-corrected chi connectivity index (χ0v) is 26.3. The third-order valence-corrected chi connectivity index (χ3v) is 7.42. The Balaban J connectivity index is 0.000000237. The first kappa shape index (κ1) is 36.0. The molecule has 0 amide bonds. The number of aldehydes is 2. The van der Waals surface area contributed by atoms with Crippen LogP contribution in [-0.4, -0.2) is 70.7 Å². The van der Waals surface area contributed by atoms with Crippen molar-refractivity contribution in [3.63, 3.8) is 0 Å². The molecular weight excluding hydrogens is 627 g/mol. The van der Waals surface area contributed by atoms with Crippen LogP contribution in [-0.2, 0) is 33.4 Å². The number of aromatic hydroxyl groups is 1. The molecule has 2 aromatic rings. The molecular formula is C29H34Cl2O11S. The Kier molecular flexibility index (Phi) is 13.4. The molecule has 2 fully saturated rings. The number of ether oxygens (including phenoxy) is 3. The van der Waals surface area contributed by atoms with Gasteiger partial charge in [0.2, 0.25) is 0 Å². The second-order valence-corrected chi connectivity index (χ2v) is 12.4. The van der Waals surface area contributed by atoms with E-state index in [0.717, 1.165) is 19.1 Å². The van der Waals surface area contributed by atoms with Crippen LogP contribution in [0.4, 0.5) is 0 Å². The number of carbonyl (C=O) groups excluding carboxylic acids is 4. The Labute approximate surface area is 260 Å². The van der Waals surface area contributed by atoms with Gasteiger partial charge in [0, 0.05) is 10.0 Å². The Morgan fingerprint density at radius 1 is 0.837 bits per heavy atom.